The Bertz CT molecular complexity index is 667. The Kier molecular flexibility index (Phi) is 8.31. The van der Waals surface area contributed by atoms with Crippen LogP contribution < -0.4 is 27.8 Å². The molecule has 13 nitrogen and oxygen atoms in total. The summed E-state index contributed by atoms with van der Waals surface area (Å²) >= 11 is 0. The van der Waals surface area contributed by atoms with Crippen LogP contribution in [0.2, 0.25) is 0 Å². The highest BCUT2D eigenvalue weighted by atomic mass is 16.4. The number of nitrogens with two attached hydrogens (primary N) is 3. The van der Waals surface area contributed by atoms with Gasteiger partial charge >= 0.3 is 5.97 Å². The average Bonchev–Trinajstić information content (AvgIpc) is 3.08. The number of rotatable bonds is 10. The molecule has 1 fully saturated rings. The summed E-state index contributed by atoms with van der Waals surface area (Å²) in [7, 11) is 0. The van der Waals surface area contributed by atoms with Gasteiger partial charge in [-0.2, -0.15) is 0 Å². The minimum Gasteiger partial charge on any atom is -0.480 e. The normalized spacial score (nSPS) is 18.0. The summed E-state index contributed by atoms with van der Waals surface area (Å²) in [4.78, 5) is 71.3. The minimum atomic E-state index is -1.64. The number of primary amides is 2. The Balaban J connectivity index is 2.89. The quantitative estimate of drug-likeness (QED) is 0.210. The van der Waals surface area contributed by atoms with Crippen molar-refractivity contribution in [1.29, 1.82) is 0 Å². The summed E-state index contributed by atoms with van der Waals surface area (Å²) in [6, 6.07) is -4.01. The van der Waals surface area contributed by atoms with Gasteiger partial charge < -0.3 is 37.8 Å². The third-order valence-corrected chi connectivity index (χ3v) is 4.11. The van der Waals surface area contributed by atoms with Crippen molar-refractivity contribution < 1.29 is 33.9 Å². The van der Waals surface area contributed by atoms with Crippen LogP contribution in [0.3, 0.4) is 0 Å². The molecule has 0 saturated carbocycles. The molecule has 3 unspecified atom stereocenters. The highest BCUT2D eigenvalue weighted by molar-refractivity contribution is 5.96. The fraction of sp³-hybridized carbons (Fsp3) is 0.600. The van der Waals surface area contributed by atoms with Gasteiger partial charge in [0, 0.05) is 6.54 Å². The largest absolute Gasteiger partial charge is 0.480 e. The van der Waals surface area contributed by atoms with Crippen LogP contribution in [0.25, 0.3) is 0 Å². The third-order valence-electron chi connectivity index (χ3n) is 4.11. The molecule has 3 atom stereocenters. The Labute approximate surface area is 159 Å². The smallest absolute Gasteiger partial charge is 0.326 e. The Morgan fingerprint density at radius 1 is 1.00 bits per heavy atom. The molecule has 1 heterocycles. The number of carboxylic acid groups (broad SMARTS) is 1. The van der Waals surface area contributed by atoms with E-state index in [1.807, 2.05) is 5.32 Å². The summed E-state index contributed by atoms with van der Waals surface area (Å²) in [5.41, 5.74) is 15.3. The lowest BCUT2D eigenvalue weighted by Crippen LogP contribution is -2.56. The molecular formula is C15H24N6O7. The number of hydrogen-bond acceptors (Lipinski definition) is 7. The molecule has 0 radical (unpaired) electrons. The highest BCUT2D eigenvalue weighted by Gasteiger charge is 2.36. The lowest BCUT2D eigenvalue weighted by atomic mass is 10.1. The van der Waals surface area contributed by atoms with Gasteiger partial charge in [-0.05, 0) is 12.8 Å². The molecule has 1 aliphatic heterocycles. The van der Waals surface area contributed by atoms with Gasteiger partial charge in [0.2, 0.25) is 29.5 Å². The highest BCUT2D eigenvalue weighted by Crippen LogP contribution is 2.17. The van der Waals surface area contributed by atoms with E-state index in [9.17, 15) is 28.8 Å². The van der Waals surface area contributed by atoms with E-state index in [0.717, 1.165) is 0 Å². The molecule has 0 aromatic heterocycles. The fourth-order valence-electron chi connectivity index (χ4n) is 2.81. The van der Waals surface area contributed by atoms with E-state index >= 15 is 0 Å². The molecule has 0 aromatic rings. The van der Waals surface area contributed by atoms with Crippen LogP contribution in [0.15, 0.2) is 0 Å². The lowest BCUT2D eigenvalue weighted by Gasteiger charge is -2.26. The van der Waals surface area contributed by atoms with E-state index in [4.69, 9.17) is 22.3 Å². The molecule has 28 heavy (non-hydrogen) atoms. The second-order valence-corrected chi connectivity index (χ2v) is 6.25. The van der Waals surface area contributed by atoms with Gasteiger partial charge in [-0.3, -0.25) is 24.0 Å². The molecule has 0 spiro atoms. The number of nitrogens with one attached hydrogen (secondary N) is 2. The fourth-order valence-corrected chi connectivity index (χ4v) is 2.81. The van der Waals surface area contributed by atoms with Gasteiger partial charge in [0.1, 0.15) is 18.1 Å². The number of amides is 5. The van der Waals surface area contributed by atoms with E-state index in [1.165, 1.54) is 4.90 Å². The van der Waals surface area contributed by atoms with E-state index < -0.39 is 66.5 Å². The van der Waals surface area contributed by atoms with Gasteiger partial charge in [-0.1, -0.05) is 0 Å². The maximum Gasteiger partial charge on any atom is 0.326 e. The predicted octanol–water partition coefficient (Wildman–Crippen LogP) is -4.26. The molecular weight excluding hydrogens is 376 g/mol. The van der Waals surface area contributed by atoms with Crippen molar-refractivity contribution in [1.82, 2.24) is 15.5 Å². The van der Waals surface area contributed by atoms with Gasteiger partial charge in [-0.25, -0.2) is 4.79 Å². The van der Waals surface area contributed by atoms with Crippen molar-refractivity contribution in [3.05, 3.63) is 0 Å². The second kappa shape index (κ2) is 10.2. The molecule has 9 N–H and O–H groups in total. The summed E-state index contributed by atoms with van der Waals surface area (Å²) in [6.07, 6.45) is -0.407. The summed E-state index contributed by atoms with van der Waals surface area (Å²) in [5, 5.41) is 13.4. The SMILES string of the molecule is NCC(=O)N1CCCC1C(=O)NC(CC(N)=O)C(=O)NC(CC(N)=O)C(=O)O. The Morgan fingerprint density at radius 2 is 1.57 bits per heavy atom. The summed E-state index contributed by atoms with van der Waals surface area (Å²) < 4.78 is 0. The van der Waals surface area contributed by atoms with Crippen LogP contribution in [0.5, 0.6) is 0 Å². The average molecular weight is 400 g/mol. The molecule has 156 valence electrons. The second-order valence-electron chi connectivity index (χ2n) is 6.25. The first-order valence-electron chi connectivity index (χ1n) is 8.46. The first-order valence-corrected chi connectivity index (χ1v) is 8.46. The standard InChI is InChI=1S/C15H24N6O7/c16-6-12(24)21-3-1-2-9(21)14(26)19-7(4-10(17)22)13(25)20-8(15(27)28)5-11(18)23/h7-9H,1-6,16H2,(H2,17,22)(H2,18,23)(H,19,26)(H,20,25)(H,27,28). The van der Waals surface area contributed by atoms with E-state index in [0.29, 0.717) is 19.4 Å². The lowest BCUT2D eigenvalue weighted by molar-refractivity contribution is -0.144. The zero-order chi connectivity index (χ0) is 21.4. The number of carboxylic acids is 1. The van der Waals surface area contributed by atoms with Crippen molar-refractivity contribution in [2.75, 3.05) is 13.1 Å². The van der Waals surface area contributed by atoms with E-state index in [2.05, 4.69) is 5.32 Å². The number of likely N-dealkylation sites (tertiary alicyclic amines) is 1. The van der Waals surface area contributed by atoms with E-state index in [-0.39, 0.29) is 6.54 Å². The van der Waals surface area contributed by atoms with Crippen LogP contribution in [0.1, 0.15) is 25.7 Å². The number of aliphatic carboxylic acids is 1. The molecule has 1 rings (SSSR count). The molecule has 0 bridgehead atoms. The number of nitrogens with zero attached hydrogens (tertiary/aromatic N) is 1. The van der Waals surface area contributed by atoms with E-state index in [1.54, 1.807) is 0 Å². The number of carbonyl (C=O) groups excluding carboxylic acids is 5. The molecule has 5 amide bonds. The topological polar surface area (TPSA) is 228 Å². The molecule has 1 aliphatic rings. The first-order chi connectivity index (χ1) is 13.1. The maximum absolute atomic E-state index is 12.5. The molecule has 0 aliphatic carbocycles. The van der Waals surface area contributed by atoms with Crippen LogP contribution >= 0.6 is 0 Å². The predicted molar refractivity (Wildman–Crippen MR) is 92.9 cm³/mol. The van der Waals surface area contributed by atoms with Gasteiger partial charge in [-0.15, -0.1) is 0 Å². The monoisotopic (exact) mass is 400 g/mol. The molecule has 1 saturated heterocycles. The van der Waals surface area contributed by atoms with Crippen LogP contribution in [-0.2, 0) is 28.8 Å². The zero-order valence-corrected chi connectivity index (χ0v) is 15.1. The summed E-state index contributed by atoms with van der Waals surface area (Å²) in [6.45, 7) is 0.0306. The van der Waals surface area contributed by atoms with Crippen molar-refractivity contribution in [2.45, 2.75) is 43.8 Å². The Morgan fingerprint density at radius 3 is 2.07 bits per heavy atom. The third kappa shape index (κ3) is 6.50. The zero-order valence-electron chi connectivity index (χ0n) is 15.1. The first kappa shape index (κ1) is 22.8. The molecule has 13 heteroatoms. The van der Waals surface area contributed by atoms with Crippen molar-refractivity contribution in [2.24, 2.45) is 17.2 Å². The number of carbonyl (C=O) groups is 6. The van der Waals surface area contributed by atoms with Gasteiger partial charge in [0.15, 0.2) is 0 Å². The number of hydrogen-bond donors (Lipinski definition) is 6. The van der Waals surface area contributed by atoms with Gasteiger partial charge in [0.05, 0.1) is 19.4 Å². The Hall–Kier alpha value is -3.22. The van der Waals surface area contributed by atoms with Crippen LogP contribution in [0, 0.1) is 0 Å². The molecule has 0 aromatic carbocycles. The summed E-state index contributed by atoms with van der Waals surface area (Å²) in [5.74, 6) is -5.60. The van der Waals surface area contributed by atoms with Crippen molar-refractivity contribution in [3.63, 3.8) is 0 Å². The van der Waals surface area contributed by atoms with Crippen molar-refractivity contribution in [3.8, 4) is 0 Å². The van der Waals surface area contributed by atoms with Gasteiger partial charge in [0.25, 0.3) is 0 Å². The van der Waals surface area contributed by atoms with Crippen LogP contribution in [0.4, 0.5) is 0 Å². The van der Waals surface area contributed by atoms with Crippen molar-refractivity contribution >= 4 is 35.5 Å². The minimum absolute atomic E-state index is 0.289. The van der Waals surface area contributed by atoms with Crippen LogP contribution in [-0.4, -0.2) is 76.7 Å². The maximum atomic E-state index is 12.5.